The van der Waals surface area contributed by atoms with Gasteiger partial charge in [-0.3, -0.25) is 10.1 Å². The van der Waals surface area contributed by atoms with Crippen molar-refractivity contribution in [2.75, 3.05) is 16.9 Å². The fourth-order valence-corrected chi connectivity index (χ4v) is 2.85. The highest BCUT2D eigenvalue weighted by molar-refractivity contribution is 7.99. The summed E-state index contributed by atoms with van der Waals surface area (Å²) < 4.78 is 5.68. The molecular formula is C14H20N2O2S. The Kier molecular flexibility index (Phi) is 4.71. The third kappa shape index (κ3) is 3.88. The number of aryl methyl sites for hydroxylation is 1. The molecule has 0 saturated carbocycles. The molecule has 19 heavy (non-hydrogen) atoms. The maximum Gasteiger partial charge on any atom is 0.242 e. The normalized spacial score (nSPS) is 18.6. The minimum Gasteiger partial charge on any atom is -0.491 e. The number of benzene rings is 1. The number of carbonyl (C=O) groups excluding carboxylic acids is 1. The monoisotopic (exact) mass is 280 g/mol. The molecule has 104 valence electrons. The average Bonchev–Trinajstić information content (AvgIpc) is 2.86. The van der Waals surface area contributed by atoms with Crippen LogP contribution in [-0.4, -0.2) is 29.7 Å². The van der Waals surface area contributed by atoms with Crippen molar-refractivity contribution < 1.29 is 9.53 Å². The Morgan fingerprint density at radius 3 is 2.89 bits per heavy atom. The van der Waals surface area contributed by atoms with Gasteiger partial charge in [0.15, 0.2) is 0 Å². The van der Waals surface area contributed by atoms with Crippen LogP contribution in [0, 0.1) is 6.92 Å². The van der Waals surface area contributed by atoms with E-state index in [1.54, 1.807) is 11.8 Å². The summed E-state index contributed by atoms with van der Waals surface area (Å²) in [6.45, 7) is 5.98. The molecule has 0 aromatic heterocycles. The molecule has 4 nitrogen and oxygen atoms in total. The van der Waals surface area contributed by atoms with E-state index in [9.17, 15) is 4.79 Å². The van der Waals surface area contributed by atoms with E-state index in [2.05, 4.69) is 10.6 Å². The number of hydrogen-bond donors (Lipinski definition) is 2. The molecular weight excluding hydrogens is 260 g/mol. The van der Waals surface area contributed by atoms with Crippen LogP contribution in [0.1, 0.15) is 19.4 Å². The fourth-order valence-electron chi connectivity index (χ4n) is 1.91. The summed E-state index contributed by atoms with van der Waals surface area (Å²) in [5.41, 5.74) is 1.84. The Balaban J connectivity index is 2.01. The van der Waals surface area contributed by atoms with Crippen molar-refractivity contribution in [1.82, 2.24) is 5.32 Å². The fraction of sp³-hybridized carbons (Fsp3) is 0.500. The molecule has 1 heterocycles. The van der Waals surface area contributed by atoms with E-state index >= 15 is 0 Å². The summed E-state index contributed by atoms with van der Waals surface area (Å²) in [5, 5.41) is 6.09. The highest BCUT2D eigenvalue weighted by Gasteiger charge is 2.22. The maximum atomic E-state index is 12.0. The first-order chi connectivity index (χ1) is 9.06. The number of amides is 1. The molecule has 1 aromatic rings. The Labute approximate surface area is 118 Å². The highest BCUT2D eigenvalue weighted by Crippen LogP contribution is 2.23. The van der Waals surface area contributed by atoms with Gasteiger partial charge in [0.05, 0.1) is 12.1 Å². The van der Waals surface area contributed by atoms with E-state index < -0.39 is 0 Å². The molecule has 1 aromatic carbocycles. The van der Waals surface area contributed by atoms with Crippen molar-refractivity contribution in [3.05, 3.63) is 23.8 Å². The first-order valence-electron chi connectivity index (χ1n) is 6.45. The average molecular weight is 280 g/mol. The van der Waals surface area contributed by atoms with Crippen molar-refractivity contribution in [2.24, 2.45) is 0 Å². The minimum atomic E-state index is -0.0862. The molecule has 5 heteroatoms. The molecule has 0 aliphatic carbocycles. The second-order valence-corrected chi connectivity index (χ2v) is 5.94. The lowest BCUT2D eigenvalue weighted by atomic mass is 10.2. The molecule has 1 aliphatic rings. The van der Waals surface area contributed by atoms with Crippen LogP contribution in [0.5, 0.6) is 5.75 Å². The van der Waals surface area contributed by atoms with Crippen molar-refractivity contribution >= 4 is 23.4 Å². The minimum absolute atomic E-state index is 0.0296. The zero-order valence-corrected chi connectivity index (χ0v) is 12.3. The first-order valence-corrected chi connectivity index (χ1v) is 7.61. The van der Waals surface area contributed by atoms with Crippen LogP contribution in [0.2, 0.25) is 0 Å². The van der Waals surface area contributed by atoms with E-state index in [1.807, 2.05) is 39.0 Å². The van der Waals surface area contributed by atoms with Gasteiger partial charge >= 0.3 is 0 Å². The summed E-state index contributed by atoms with van der Waals surface area (Å²) in [4.78, 5) is 12.0. The first kappa shape index (κ1) is 14.2. The molecule has 0 spiro atoms. The molecule has 0 radical (unpaired) electrons. The Morgan fingerprint density at radius 1 is 1.53 bits per heavy atom. The van der Waals surface area contributed by atoms with Gasteiger partial charge in [0, 0.05) is 17.3 Å². The van der Waals surface area contributed by atoms with Crippen molar-refractivity contribution in [3.63, 3.8) is 0 Å². The van der Waals surface area contributed by atoms with Gasteiger partial charge < -0.3 is 10.1 Å². The molecule has 2 rings (SSSR count). The van der Waals surface area contributed by atoms with Gasteiger partial charge in [-0.2, -0.15) is 0 Å². The molecule has 1 atom stereocenters. The van der Waals surface area contributed by atoms with E-state index in [-0.39, 0.29) is 18.1 Å². The van der Waals surface area contributed by atoms with E-state index in [1.165, 1.54) is 0 Å². The van der Waals surface area contributed by atoms with Crippen LogP contribution in [0.25, 0.3) is 0 Å². The lowest BCUT2D eigenvalue weighted by molar-refractivity contribution is -0.117. The zero-order valence-electron chi connectivity index (χ0n) is 11.5. The van der Waals surface area contributed by atoms with Gasteiger partial charge in [-0.05, 0) is 44.5 Å². The Hall–Kier alpha value is -1.20. The summed E-state index contributed by atoms with van der Waals surface area (Å²) in [6.07, 6.45) is 0.152. The quantitative estimate of drug-likeness (QED) is 0.889. The Bertz CT molecular complexity index is 457. The number of rotatable bonds is 4. The van der Waals surface area contributed by atoms with E-state index in [0.29, 0.717) is 0 Å². The lowest BCUT2D eigenvalue weighted by Gasteiger charge is -2.15. The van der Waals surface area contributed by atoms with Gasteiger partial charge in [-0.1, -0.05) is 0 Å². The zero-order chi connectivity index (χ0) is 13.8. The van der Waals surface area contributed by atoms with Crippen LogP contribution in [0.3, 0.4) is 0 Å². The van der Waals surface area contributed by atoms with Gasteiger partial charge in [-0.25, -0.2) is 0 Å². The van der Waals surface area contributed by atoms with Crippen LogP contribution < -0.4 is 15.4 Å². The van der Waals surface area contributed by atoms with Gasteiger partial charge in [0.2, 0.25) is 5.91 Å². The van der Waals surface area contributed by atoms with Crippen molar-refractivity contribution in [2.45, 2.75) is 32.9 Å². The predicted octanol–water partition coefficient (Wildman–Crippen LogP) is 2.38. The lowest BCUT2D eigenvalue weighted by Crippen LogP contribution is -2.37. The summed E-state index contributed by atoms with van der Waals surface area (Å²) >= 11 is 1.74. The van der Waals surface area contributed by atoms with Crippen molar-refractivity contribution in [1.29, 1.82) is 0 Å². The summed E-state index contributed by atoms with van der Waals surface area (Å²) in [6, 6.07) is 5.64. The van der Waals surface area contributed by atoms with Crippen LogP contribution in [0.4, 0.5) is 5.69 Å². The van der Waals surface area contributed by atoms with Crippen LogP contribution in [-0.2, 0) is 4.79 Å². The maximum absolute atomic E-state index is 12.0. The second-order valence-electron chi connectivity index (χ2n) is 4.91. The molecule has 1 saturated heterocycles. The third-order valence-corrected chi connectivity index (χ3v) is 3.78. The number of thioether (sulfide) groups is 1. The summed E-state index contributed by atoms with van der Waals surface area (Å²) in [7, 11) is 0. The molecule has 1 amide bonds. The SMILES string of the molecule is Cc1cc(NC(=O)C2CSCN2)ccc1OC(C)C. The number of nitrogens with one attached hydrogen (secondary N) is 2. The topological polar surface area (TPSA) is 50.4 Å². The number of carbonyl (C=O) groups is 1. The Morgan fingerprint density at radius 2 is 2.32 bits per heavy atom. The van der Waals surface area contributed by atoms with Gasteiger partial charge in [-0.15, -0.1) is 11.8 Å². The molecule has 1 fully saturated rings. The number of ether oxygens (including phenoxy) is 1. The second kappa shape index (κ2) is 6.30. The van der Waals surface area contributed by atoms with Crippen LogP contribution >= 0.6 is 11.8 Å². The standard InChI is InChI=1S/C14H20N2O2S/c1-9(2)18-13-5-4-11(6-10(13)3)16-14(17)12-7-19-8-15-12/h4-6,9,12,15H,7-8H2,1-3H3,(H,16,17). The molecule has 1 unspecified atom stereocenters. The highest BCUT2D eigenvalue weighted by atomic mass is 32.2. The van der Waals surface area contributed by atoms with E-state index in [4.69, 9.17) is 4.74 Å². The molecule has 0 bridgehead atoms. The van der Waals surface area contributed by atoms with Gasteiger partial charge in [0.1, 0.15) is 5.75 Å². The largest absolute Gasteiger partial charge is 0.491 e. The summed E-state index contributed by atoms with van der Waals surface area (Å²) in [5.74, 6) is 2.57. The number of anilines is 1. The molecule has 1 aliphatic heterocycles. The molecule has 2 N–H and O–H groups in total. The van der Waals surface area contributed by atoms with Crippen molar-refractivity contribution in [3.8, 4) is 5.75 Å². The smallest absolute Gasteiger partial charge is 0.242 e. The number of hydrogen-bond acceptors (Lipinski definition) is 4. The predicted molar refractivity (Wildman–Crippen MR) is 79.8 cm³/mol. The third-order valence-electron chi connectivity index (χ3n) is 2.84. The van der Waals surface area contributed by atoms with E-state index in [0.717, 1.165) is 28.6 Å². The van der Waals surface area contributed by atoms with Crippen LogP contribution in [0.15, 0.2) is 18.2 Å². The van der Waals surface area contributed by atoms with Gasteiger partial charge in [0.25, 0.3) is 0 Å².